The maximum atomic E-state index is 12.4. The second kappa shape index (κ2) is 5.85. The van der Waals surface area contributed by atoms with Gasteiger partial charge in [-0.2, -0.15) is 0 Å². The number of benzene rings is 1. The summed E-state index contributed by atoms with van der Waals surface area (Å²) in [5.74, 6) is 0.315. The number of halogens is 1. The Kier molecular flexibility index (Phi) is 3.65. The van der Waals surface area contributed by atoms with Crippen molar-refractivity contribution in [1.82, 2.24) is 24.1 Å². The number of rotatable bonds is 3. The molecule has 0 fully saturated rings. The molecule has 1 aromatic carbocycles. The average Bonchev–Trinajstić information content (AvgIpc) is 3.24. The van der Waals surface area contributed by atoms with Gasteiger partial charge in [-0.1, -0.05) is 12.1 Å². The SMILES string of the molecule is Cn1c(=O)c2ccccc2n2c(COC(=O)c3cc(Br)c[nH]3)nnc12. The number of hydrogen-bond donors (Lipinski definition) is 1. The molecule has 0 saturated heterocycles. The van der Waals surface area contributed by atoms with Crippen LogP contribution in [0.2, 0.25) is 0 Å². The monoisotopic (exact) mass is 401 g/mol. The van der Waals surface area contributed by atoms with Gasteiger partial charge in [-0.25, -0.2) is 4.79 Å². The van der Waals surface area contributed by atoms with Crippen LogP contribution in [0, 0.1) is 0 Å². The predicted octanol–water partition coefficient (Wildman–Crippen LogP) is 2.03. The molecule has 126 valence electrons. The molecule has 4 rings (SSSR count). The van der Waals surface area contributed by atoms with E-state index in [2.05, 4.69) is 31.1 Å². The zero-order valence-electron chi connectivity index (χ0n) is 13.1. The van der Waals surface area contributed by atoms with Gasteiger partial charge in [0.05, 0.1) is 10.9 Å². The van der Waals surface area contributed by atoms with E-state index >= 15 is 0 Å². The van der Waals surface area contributed by atoms with Gasteiger partial charge in [-0.3, -0.25) is 13.8 Å². The molecule has 1 N–H and O–H groups in total. The van der Waals surface area contributed by atoms with E-state index in [1.54, 1.807) is 41.9 Å². The topological polar surface area (TPSA) is 94.3 Å². The van der Waals surface area contributed by atoms with Crippen LogP contribution < -0.4 is 5.56 Å². The lowest BCUT2D eigenvalue weighted by atomic mass is 10.2. The van der Waals surface area contributed by atoms with Crippen LogP contribution in [0.5, 0.6) is 0 Å². The molecule has 3 aromatic heterocycles. The van der Waals surface area contributed by atoms with E-state index in [9.17, 15) is 9.59 Å². The summed E-state index contributed by atoms with van der Waals surface area (Å²) in [6.45, 7) is -0.0706. The highest BCUT2D eigenvalue weighted by Gasteiger charge is 2.16. The number of aryl methyl sites for hydroxylation is 1. The van der Waals surface area contributed by atoms with Crippen LogP contribution in [0.15, 0.2) is 45.8 Å². The fraction of sp³-hybridized carbons (Fsp3) is 0.125. The lowest BCUT2D eigenvalue weighted by Crippen LogP contribution is -2.20. The number of carbonyl (C=O) groups is 1. The van der Waals surface area contributed by atoms with Crippen molar-refractivity contribution in [2.45, 2.75) is 6.61 Å². The molecule has 0 bridgehead atoms. The summed E-state index contributed by atoms with van der Waals surface area (Å²) < 4.78 is 9.21. The van der Waals surface area contributed by atoms with Crippen LogP contribution in [-0.4, -0.2) is 30.1 Å². The minimum atomic E-state index is -0.503. The predicted molar refractivity (Wildman–Crippen MR) is 93.3 cm³/mol. The van der Waals surface area contributed by atoms with Crippen molar-refractivity contribution in [3.8, 4) is 0 Å². The first-order valence-electron chi connectivity index (χ1n) is 7.39. The maximum absolute atomic E-state index is 12.4. The number of ether oxygens (including phenoxy) is 1. The minimum absolute atomic E-state index is 0.0706. The van der Waals surface area contributed by atoms with Crippen LogP contribution in [-0.2, 0) is 18.4 Å². The molecule has 9 heteroatoms. The summed E-state index contributed by atoms with van der Waals surface area (Å²) in [7, 11) is 1.63. The third-order valence-corrected chi connectivity index (χ3v) is 4.35. The number of carbonyl (C=O) groups excluding carboxylic acids is 1. The summed E-state index contributed by atoms with van der Waals surface area (Å²) in [5, 5.41) is 8.67. The van der Waals surface area contributed by atoms with Crippen LogP contribution in [0.1, 0.15) is 16.3 Å². The second-order valence-electron chi connectivity index (χ2n) is 5.44. The Morgan fingerprint density at radius 3 is 2.88 bits per heavy atom. The summed E-state index contributed by atoms with van der Waals surface area (Å²) in [6, 6.07) is 8.80. The highest BCUT2D eigenvalue weighted by molar-refractivity contribution is 9.10. The second-order valence-corrected chi connectivity index (χ2v) is 6.36. The fourth-order valence-corrected chi connectivity index (χ4v) is 3.02. The van der Waals surface area contributed by atoms with Crippen molar-refractivity contribution in [2.75, 3.05) is 0 Å². The Bertz CT molecular complexity index is 1170. The zero-order valence-corrected chi connectivity index (χ0v) is 14.6. The largest absolute Gasteiger partial charge is 0.453 e. The number of nitrogens with one attached hydrogen (secondary N) is 1. The van der Waals surface area contributed by atoms with Crippen molar-refractivity contribution in [1.29, 1.82) is 0 Å². The Labute approximate surface area is 149 Å². The number of fused-ring (bicyclic) bond motifs is 3. The Balaban J connectivity index is 1.76. The molecule has 8 nitrogen and oxygen atoms in total. The standard InChI is InChI=1S/C16H12BrN5O3/c1-21-14(23)10-4-2-3-5-12(10)22-13(19-20-16(21)22)8-25-15(24)11-6-9(17)7-18-11/h2-7,18H,8H2,1H3. The molecule has 0 aliphatic carbocycles. The molecule has 0 spiro atoms. The quantitative estimate of drug-likeness (QED) is 0.530. The van der Waals surface area contributed by atoms with Crippen molar-refractivity contribution < 1.29 is 9.53 Å². The van der Waals surface area contributed by atoms with Crippen LogP contribution >= 0.6 is 15.9 Å². The van der Waals surface area contributed by atoms with Crippen molar-refractivity contribution >= 4 is 38.6 Å². The lowest BCUT2D eigenvalue weighted by molar-refractivity contribution is 0.0455. The van der Waals surface area contributed by atoms with Crippen LogP contribution in [0.25, 0.3) is 16.7 Å². The number of aromatic nitrogens is 5. The van der Waals surface area contributed by atoms with Crippen molar-refractivity contribution in [3.63, 3.8) is 0 Å². The molecule has 3 heterocycles. The van der Waals surface area contributed by atoms with E-state index < -0.39 is 5.97 Å². The van der Waals surface area contributed by atoms with Gasteiger partial charge in [-0.05, 0) is 34.1 Å². The summed E-state index contributed by atoms with van der Waals surface area (Å²) >= 11 is 3.27. The van der Waals surface area contributed by atoms with Crippen molar-refractivity contribution in [2.24, 2.45) is 7.05 Å². The Morgan fingerprint density at radius 1 is 1.32 bits per heavy atom. The summed E-state index contributed by atoms with van der Waals surface area (Å²) in [4.78, 5) is 27.3. The molecule has 0 amide bonds. The number of hydrogen-bond acceptors (Lipinski definition) is 5. The number of H-pyrrole nitrogens is 1. The first kappa shape index (κ1) is 15.6. The molecular formula is C16H12BrN5O3. The Hall–Kier alpha value is -2.94. The van der Waals surface area contributed by atoms with Gasteiger partial charge in [0.15, 0.2) is 12.4 Å². The fourth-order valence-electron chi connectivity index (χ4n) is 2.68. The molecule has 0 saturated carbocycles. The summed E-state index contributed by atoms with van der Waals surface area (Å²) in [6.07, 6.45) is 1.65. The highest BCUT2D eigenvalue weighted by atomic mass is 79.9. The van der Waals surface area contributed by atoms with E-state index in [1.807, 2.05) is 6.07 Å². The van der Waals surface area contributed by atoms with E-state index in [1.165, 1.54) is 4.57 Å². The normalized spacial score (nSPS) is 11.3. The number of esters is 1. The molecule has 0 aliphatic rings. The van der Waals surface area contributed by atoms with Gasteiger partial charge >= 0.3 is 5.97 Å². The van der Waals surface area contributed by atoms with Gasteiger partial charge in [0.25, 0.3) is 5.56 Å². The highest BCUT2D eigenvalue weighted by Crippen LogP contribution is 2.15. The third-order valence-electron chi connectivity index (χ3n) is 3.89. The molecule has 0 atom stereocenters. The molecule has 0 unspecified atom stereocenters. The van der Waals surface area contributed by atoms with Crippen molar-refractivity contribution in [3.05, 3.63) is 62.9 Å². The third kappa shape index (κ3) is 2.52. The minimum Gasteiger partial charge on any atom is -0.453 e. The zero-order chi connectivity index (χ0) is 17.6. The molecule has 25 heavy (non-hydrogen) atoms. The van der Waals surface area contributed by atoms with Crippen LogP contribution in [0.4, 0.5) is 0 Å². The van der Waals surface area contributed by atoms with Gasteiger partial charge in [0.2, 0.25) is 5.78 Å². The number of aromatic amines is 1. The smallest absolute Gasteiger partial charge is 0.355 e. The molecule has 4 aromatic rings. The first-order valence-corrected chi connectivity index (χ1v) is 8.18. The Morgan fingerprint density at radius 2 is 2.12 bits per heavy atom. The molecule has 0 radical (unpaired) electrons. The summed E-state index contributed by atoms with van der Waals surface area (Å²) in [5.41, 5.74) is 0.840. The average molecular weight is 402 g/mol. The number of para-hydroxylation sites is 1. The van der Waals surface area contributed by atoms with Gasteiger partial charge in [-0.15, -0.1) is 10.2 Å². The van der Waals surface area contributed by atoms with Gasteiger partial charge in [0.1, 0.15) is 5.69 Å². The first-order chi connectivity index (χ1) is 12.1. The van der Waals surface area contributed by atoms with Gasteiger partial charge in [0, 0.05) is 17.7 Å². The molecule has 0 aliphatic heterocycles. The van der Waals surface area contributed by atoms with E-state index in [4.69, 9.17) is 4.74 Å². The van der Waals surface area contributed by atoms with E-state index in [-0.39, 0.29) is 12.2 Å². The van der Waals surface area contributed by atoms with Crippen LogP contribution in [0.3, 0.4) is 0 Å². The van der Waals surface area contributed by atoms with E-state index in [0.717, 1.165) is 4.47 Å². The van der Waals surface area contributed by atoms with Gasteiger partial charge < -0.3 is 9.72 Å². The maximum Gasteiger partial charge on any atom is 0.355 e. The number of nitrogens with zero attached hydrogens (tertiary/aromatic N) is 4. The lowest BCUT2D eigenvalue weighted by Gasteiger charge is -2.08. The molecular weight excluding hydrogens is 390 g/mol. The van der Waals surface area contributed by atoms with E-state index in [0.29, 0.717) is 28.2 Å².